The van der Waals surface area contributed by atoms with Crippen LogP contribution in [0, 0.1) is 0 Å². The first-order valence-corrected chi connectivity index (χ1v) is 6.48. The zero-order valence-electron chi connectivity index (χ0n) is 11.1. The summed E-state index contributed by atoms with van der Waals surface area (Å²) in [6.07, 6.45) is 2.40. The molecule has 1 atom stereocenters. The minimum absolute atomic E-state index is 0.0943. The Bertz CT molecular complexity index is 346. The van der Waals surface area contributed by atoms with Crippen molar-refractivity contribution < 1.29 is 19.5 Å². The van der Waals surface area contributed by atoms with Crippen LogP contribution in [0.3, 0.4) is 0 Å². The van der Waals surface area contributed by atoms with Gasteiger partial charge in [0.2, 0.25) is 11.8 Å². The highest BCUT2D eigenvalue weighted by molar-refractivity contribution is 5.80. The Labute approximate surface area is 112 Å². The maximum Gasteiger partial charge on any atom is 0.320 e. The molecule has 7 nitrogen and oxygen atoms in total. The van der Waals surface area contributed by atoms with E-state index in [1.54, 1.807) is 4.90 Å². The van der Waals surface area contributed by atoms with Gasteiger partial charge in [0.1, 0.15) is 6.04 Å². The van der Waals surface area contributed by atoms with Crippen molar-refractivity contribution in [2.45, 2.75) is 32.2 Å². The Balaban J connectivity index is 2.29. The molecule has 0 bridgehead atoms. The molecule has 108 valence electrons. The summed E-state index contributed by atoms with van der Waals surface area (Å²) < 4.78 is 0. The van der Waals surface area contributed by atoms with Gasteiger partial charge in [-0.05, 0) is 19.4 Å². The maximum atomic E-state index is 11.7. The minimum atomic E-state index is -0.870. The van der Waals surface area contributed by atoms with E-state index in [1.165, 1.54) is 6.92 Å². The quantitative estimate of drug-likeness (QED) is 0.548. The van der Waals surface area contributed by atoms with Crippen LogP contribution in [0.15, 0.2) is 0 Å². The third-order valence-electron chi connectivity index (χ3n) is 3.07. The molecule has 1 rings (SSSR count). The summed E-state index contributed by atoms with van der Waals surface area (Å²) in [5, 5.41) is 14.3. The molecule has 1 aliphatic heterocycles. The smallest absolute Gasteiger partial charge is 0.320 e. The van der Waals surface area contributed by atoms with Crippen LogP contribution in [0.25, 0.3) is 0 Å². The highest BCUT2D eigenvalue weighted by Gasteiger charge is 2.29. The molecule has 0 spiro atoms. The van der Waals surface area contributed by atoms with Gasteiger partial charge in [0.15, 0.2) is 0 Å². The Morgan fingerprint density at radius 3 is 2.53 bits per heavy atom. The molecular weight excluding hydrogens is 250 g/mol. The molecule has 1 fully saturated rings. The summed E-state index contributed by atoms with van der Waals surface area (Å²) in [6, 6.07) is -0.560. The lowest BCUT2D eigenvalue weighted by Gasteiger charge is -2.32. The second kappa shape index (κ2) is 7.73. The fourth-order valence-corrected chi connectivity index (χ4v) is 2.14. The number of carboxylic acid groups (broad SMARTS) is 1. The van der Waals surface area contributed by atoms with Crippen LogP contribution >= 0.6 is 0 Å². The van der Waals surface area contributed by atoms with E-state index >= 15 is 0 Å². The first kappa shape index (κ1) is 15.4. The number of carboxylic acids is 1. The molecule has 1 unspecified atom stereocenters. The van der Waals surface area contributed by atoms with Gasteiger partial charge in [-0.3, -0.25) is 19.3 Å². The number of hydrogen-bond donors (Lipinski definition) is 3. The number of hydrogen-bond acceptors (Lipinski definition) is 4. The molecule has 0 aromatic carbocycles. The topological polar surface area (TPSA) is 98.7 Å². The summed E-state index contributed by atoms with van der Waals surface area (Å²) in [7, 11) is 0. The van der Waals surface area contributed by atoms with Gasteiger partial charge in [-0.2, -0.15) is 0 Å². The molecule has 1 heterocycles. The standard InChI is InChI=1S/C12H21N3O4/c1-9(16)13-5-6-14-11(17)8-15-7-3-2-4-10(15)12(18)19/h10H,2-8H2,1H3,(H,13,16)(H,14,17)(H,18,19). The number of aliphatic carboxylic acids is 1. The van der Waals surface area contributed by atoms with Crippen molar-refractivity contribution in [3.05, 3.63) is 0 Å². The van der Waals surface area contributed by atoms with Crippen LogP contribution in [-0.2, 0) is 14.4 Å². The molecule has 7 heteroatoms. The zero-order valence-corrected chi connectivity index (χ0v) is 11.1. The van der Waals surface area contributed by atoms with Crippen molar-refractivity contribution in [1.82, 2.24) is 15.5 Å². The second-order valence-corrected chi connectivity index (χ2v) is 4.65. The minimum Gasteiger partial charge on any atom is -0.480 e. The monoisotopic (exact) mass is 271 g/mol. The summed E-state index contributed by atoms with van der Waals surface area (Å²) in [5.41, 5.74) is 0. The molecule has 0 radical (unpaired) electrons. The normalized spacial score (nSPS) is 19.7. The molecule has 0 aromatic rings. The number of likely N-dealkylation sites (tertiary alicyclic amines) is 1. The van der Waals surface area contributed by atoms with Crippen LogP contribution in [0.2, 0.25) is 0 Å². The van der Waals surface area contributed by atoms with Crippen molar-refractivity contribution in [3.63, 3.8) is 0 Å². The Morgan fingerprint density at radius 2 is 1.89 bits per heavy atom. The van der Waals surface area contributed by atoms with E-state index in [1.807, 2.05) is 0 Å². The van der Waals surface area contributed by atoms with Gasteiger partial charge in [0.05, 0.1) is 6.54 Å². The number of carbonyl (C=O) groups excluding carboxylic acids is 2. The predicted molar refractivity (Wildman–Crippen MR) is 68.5 cm³/mol. The number of piperidine rings is 1. The Kier molecular flexibility index (Phi) is 6.27. The summed E-state index contributed by atoms with van der Waals surface area (Å²) in [6.45, 7) is 2.87. The highest BCUT2D eigenvalue weighted by Crippen LogP contribution is 2.16. The Hall–Kier alpha value is -1.63. The van der Waals surface area contributed by atoms with E-state index in [0.29, 0.717) is 26.1 Å². The van der Waals surface area contributed by atoms with Crippen molar-refractivity contribution >= 4 is 17.8 Å². The lowest BCUT2D eigenvalue weighted by atomic mass is 10.0. The third kappa shape index (κ3) is 5.69. The van der Waals surface area contributed by atoms with E-state index in [0.717, 1.165) is 12.8 Å². The molecule has 0 aromatic heterocycles. The van der Waals surface area contributed by atoms with E-state index in [9.17, 15) is 14.4 Å². The molecule has 1 aliphatic rings. The van der Waals surface area contributed by atoms with E-state index in [2.05, 4.69) is 10.6 Å². The van der Waals surface area contributed by atoms with Crippen LogP contribution < -0.4 is 10.6 Å². The largest absolute Gasteiger partial charge is 0.480 e. The molecule has 0 saturated carbocycles. The van der Waals surface area contributed by atoms with Gasteiger partial charge < -0.3 is 15.7 Å². The van der Waals surface area contributed by atoms with Gasteiger partial charge in [-0.25, -0.2) is 0 Å². The van der Waals surface area contributed by atoms with Crippen LogP contribution in [-0.4, -0.2) is 60.0 Å². The van der Waals surface area contributed by atoms with Gasteiger partial charge in [0, 0.05) is 20.0 Å². The number of amides is 2. The summed E-state index contributed by atoms with van der Waals surface area (Å²) >= 11 is 0. The lowest BCUT2D eigenvalue weighted by molar-refractivity contribution is -0.145. The first-order chi connectivity index (χ1) is 9.00. The Morgan fingerprint density at radius 1 is 1.21 bits per heavy atom. The number of nitrogens with zero attached hydrogens (tertiary/aromatic N) is 1. The van der Waals surface area contributed by atoms with Crippen molar-refractivity contribution in [3.8, 4) is 0 Å². The number of carbonyl (C=O) groups is 3. The molecule has 1 saturated heterocycles. The number of rotatable bonds is 6. The third-order valence-corrected chi connectivity index (χ3v) is 3.07. The van der Waals surface area contributed by atoms with Gasteiger partial charge >= 0.3 is 5.97 Å². The fraction of sp³-hybridized carbons (Fsp3) is 0.750. The van der Waals surface area contributed by atoms with Crippen LogP contribution in [0.4, 0.5) is 0 Å². The maximum absolute atomic E-state index is 11.7. The molecule has 2 amide bonds. The average molecular weight is 271 g/mol. The molecule has 3 N–H and O–H groups in total. The van der Waals surface area contributed by atoms with Gasteiger partial charge in [-0.1, -0.05) is 6.42 Å². The SMILES string of the molecule is CC(=O)NCCNC(=O)CN1CCCCC1C(=O)O. The molecule has 19 heavy (non-hydrogen) atoms. The summed E-state index contributed by atoms with van der Waals surface area (Å²) in [5.74, 6) is -1.22. The van der Waals surface area contributed by atoms with E-state index < -0.39 is 12.0 Å². The van der Waals surface area contributed by atoms with Crippen molar-refractivity contribution in [2.24, 2.45) is 0 Å². The van der Waals surface area contributed by atoms with Gasteiger partial charge in [0.25, 0.3) is 0 Å². The van der Waals surface area contributed by atoms with Gasteiger partial charge in [-0.15, -0.1) is 0 Å². The van der Waals surface area contributed by atoms with Crippen molar-refractivity contribution in [2.75, 3.05) is 26.2 Å². The summed E-state index contributed by atoms with van der Waals surface area (Å²) in [4.78, 5) is 35.0. The molecule has 0 aliphatic carbocycles. The molecular formula is C12H21N3O4. The first-order valence-electron chi connectivity index (χ1n) is 6.48. The van der Waals surface area contributed by atoms with Crippen LogP contribution in [0.5, 0.6) is 0 Å². The van der Waals surface area contributed by atoms with Crippen LogP contribution in [0.1, 0.15) is 26.2 Å². The van der Waals surface area contributed by atoms with E-state index in [-0.39, 0.29) is 18.4 Å². The predicted octanol–water partition coefficient (Wildman–Crippen LogP) is -0.822. The zero-order chi connectivity index (χ0) is 14.3. The number of nitrogens with one attached hydrogen (secondary N) is 2. The van der Waals surface area contributed by atoms with Crippen molar-refractivity contribution in [1.29, 1.82) is 0 Å². The van der Waals surface area contributed by atoms with E-state index in [4.69, 9.17) is 5.11 Å². The highest BCUT2D eigenvalue weighted by atomic mass is 16.4. The second-order valence-electron chi connectivity index (χ2n) is 4.65. The fourth-order valence-electron chi connectivity index (χ4n) is 2.14. The average Bonchev–Trinajstić information content (AvgIpc) is 2.35. The lowest BCUT2D eigenvalue weighted by Crippen LogP contribution is -2.49.